The number of benzene rings is 3. The molecule has 0 aliphatic rings. The van der Waals surface area contributed by atoms with Crippen LogP contribution in [0.25, 0.3) is 16.6 Å². The van der Waals surface area contributed by atoms with E-state index in [1.807, 2.05) is 59.3 Å². The van der Waals surface area contributed by atoms with E-state index in [9.17, 15) is 9.65 Å². The first-order valence-corrected chi connectivity index (χ1v) is 7.79. The molecule has 0 bridgehead atoms. The molecule has 0 saturated heterocycles. The molecule has 120 valence electrons. The van der Waals surface area contributed by atoms with Crippen LogP contribution in [0, 0.1) is 17.1 Å². The Balaban J connectivity index is 1.64. The number of nitrogens with zero attached hydrogens (tertiary/aromatic N) is 2. The van der Waals surface area contributed by atoms with Crippen LogP contribution in [0.2, 0.25) is 0 Å². The maximum atomic E-state index is 12.9. The topological polar surface area (TPSA) is 38.0 Å². The van der Waals surface area contributed by atoms with Crippen molar-refractivity contribution in [3.63, 3.8) is 0 Å². The molecule has 3 aromatic carbocycles. The van der Waals surface area contributed by atoms with Gasteiger partial charge in [-0.1, -0.05) is 6.07 Å². The third kappa shape index (κ3) is 2.84. The van der Waals surface area contributed by atoms with Crippen LogP contribution in [0.15, 0.2) is 79.0 Å². The fourth-order valence-electron chi connectivity index (χ4n) is 2.80. The normalized spacial score (nSPS) is 10.6. The molecule has 0 aliphatic carbocycles. The van der Waals surface area contributed by atoms with E-state index in [4.69, 9.17) is 4.74 Å². The minimum absolute atomic E-state index is 0.293. The number of hydrogen-bond donors (Lipinski definition) is 0. The molecule has 1 heterocycles. The number of hydrogen-bond acceptors (Lipinski definition) is 2. The summed E-state index contributed by atoms with van der Waals surface area (Å²) >= 11 is 0. The van der Waals surface area contributed by atoms with Crippen LogP contribution in [0.1, 0.15) is 5.56 Å². The lowest BCUT2D eigenvalue weighted by atomic mass is 10.1. The Morgan fingerprint density at radius 1 is 0.840 bits per heavy atom. The zero-order valence-corrected chi connectivity index (χ0v) is 13.2. The van der Waals surface area contributed by atoms with E-state index >= 15 is 0 Å². The van der Waals surface area contributed by atoms with E-state index in [1.165, 1.54) is 12.1 Å². The third-order valence-corrected chi connectivity index (χ3v) is 4.02. The molecular weight excluding hydrogens is 315 g/mol. The van der Waals surface area contributed by atoms with Gasteiger partial charge in [0.2, 0.25) is 0 Å². The van der Waals surface area contributed by atoms with Gasteiger partial charge in [0.05, 0.1) is 17.1 Å². The van der Waals surface area contributed by atoms with E-state index in [1.54, 1.807) is 12.1 Å². The Bertz CT molecular complexity index is 1070. The van der Waals surface area contributed by atoms with Gasteiger partial charge in [0.15, 0.2) is 0 Å². The molecule has 0 N–H and O–H groups in total. The molecule has 0 aliphatic heterocycles. The molecule has 0 amide bonds. The third-order valence-electron chi connectivity index (χ3n) is 4.02. The summed E-state index contributed by atoms with van der Waals surface area (Å²) in [5.41, 5.74) is 2.61. The fraction of sp³-hybridized carbons (Fsp3) is 0. The monoisotopic (exact) mass is 328 g/mol. The molecule has 4 aromatic rings. The van der Waals surface area contributed by atoms with Crippen molar-refractivity contribution in [1.82, 2.24) is 4.57 Å². The SMILES string of the molecule is N#Cc1cccc2c1ccn2-c1ccc(Oc2ccc(F)cc2)cc1. The summed E-state index contributed by atoms with van der Waals surface area (Å²) in [7, 11) is 0. The molecule has 0 fully saturated rings. The minimum Gasteiger partial charge on any atom is -0.457 e. The molecule has 3 nitrogen and oxygen atoms in total. The Kier molecular flexibility index (Phi) is 3.68. The largest absolute Gasteiger partial charge is 0.457 e. The van der Waals surface area contributed by atoms with Crippen LogP contribution in [-0.4, -0.2) is 4.57 Å². The highest BCUT2D eigenvalue weighted by Crippen LogP contribution is 2.26. The van der Waals surface area contributed by atoms with Crippen molar-refractivity contribution in [1.29, 1.82) is 5.26 Å². The van der Waals surface area contributed by atoms with Gasteiger partial charge in [-0.15, -0.1) is 0 Å². The molecule has 25 heavy (non-hydrogen) atoms. The average molecular weight is 328 g/mol. The number of aromatic nitrogens is 1. The Hall–Kier alpha value is -3.58. The smallest absolute Gasteiger partial charge is 0.127 e. The van der Waals surface area contributed by atoms with Crippen molar-refractivity contribution >= 4 is 10.9 Å². The average Bonchev–Trinajstić information content (AvgIpc) is 3.08. The zero-order valence-electron chi connectivity index (χ0n) is 13.2. The van der Waals surface area contributed by atoms with Crippen molar-refractivity contribution in [2.24, 2.45) is 0 Å². The first-order valence-electron chi connectivity index (χ1n) is 7.79. The highest BCUT2D eigenvalue weighted by molar-refractivity contribution is 5.87. The van der Waals surface area contributed by atoms with Crippen LogP contribution in [0.4, 0.5) is 4.39 Å². The van der Waals surface area contributed by atoms with Gasteiger partial charge < -0.3 is 9.30 Å². The first kappa shape index (κ1) is 15.0. The number of nitriles is 1. The van der Waals surface area contributed by atoms with E-state index in [-0.39, 0.29) is 5.82 Å². The molecular formula is C21H13FN2O. The van der Waals surface area contributed by atoms with Crippen molar-refractivity contribution < 1.29 is 9.13 Å². The molecule has 0 atom stereocenters. The predicted octanol–water partition coefficient (Wildman–Crippen LogP) is 5.43. The summed E-state index contributed by atoms with van der Waals surface area (Å²) in [6.45, 7) is 0. The summed E-state index contributed by atoms with van der Waals surface area (Å²) in [6.07, 6.45) is 1.95. The molecule has 1 aromatic heterocycles. The summed E-state index contributed by atoms with van der Waals surface area (Å²) in [6, 6.07) is 23.3. The van der Waals surface area contributed by atoms with Crippen molar-refractivity contribution in [3.8, 4) is 23.3 Å². The molecule has 4 heteroatoms. The van der Waals surface area contributed by atoms with Crippen molar-refractivity contribution in [2.45, 2.75) is 0 Å². The summed E-state index contributed by atoms with van der Waals surface area (Å²) < 4.78 is 20.7. The summed E-state index contributed by atoms with van der Waals surface area (Å²) in [5, 5.41) is 10.1. The van der Waals surface area contributed by atoms with Crippen molar-refractivity contribution in [3.05, 3.63) is 90.4 Å². The number of rotatable bonds is 3. The van der Waals surface area contributed by atoms with Gasteiger partial charge in [-0.05, 0) is 66.7 Å². The number of halogens is 1. The highest BCUT2D eigenvalue weighted by Gasteiger charge is 2.07. The molecule has 0 unspecified atom stereocenters. The molecule has 0 radical (unpaired) electrons. The zero-order chi connectivity index (χ0) is 17.2. The van der Waals surface area contributed by atoms with Crippen LogP contribution >= 0.6 is 0 Å². The Morgan fingerprint density at radius 3 is 2.20 bits per heavy atom. The second-order valence-electron chi connectivity index (χ2n) is 5.59. The van der Waals surface area contributed by atoms with E-state index < -0.39 is 0 Å². The van der Waals surface area contributed by atoms with Crippen LogP contribution in [0.3, 0.4) is 0 Å². The van der Waals surface area contributed by atoms with E-state index in [0.29, 0.717) is 17.1 Å². The van der Waals surface area contributed by atoms with Gasteiger partial charge in [0.25, 0.3) is 0 Å². The van der Waals surface area contributed by atoms with Gasteiger partial charge in [0.1, 0.15) is 17.3 Å². The van der Waals surface area contributed by atoms with Gasteiger partial charge in [0, 0.05) is 17.3 Å². The van der Waals surface area contributed by atoms with Gasteiger partial charge in [-0.2, -0.15) is 5.26 Å². The lowest BCUT2D eigenvalue weighted by Crippen LogP contribution is -1.92. The lowest BCUT2D eigenvalue weighted by molar-refractivity contribution is 0.480. The summed E-state index contributed by atoms with van der Waals surface area (Å²) in [4.78, 5) is 0. The fourth-order valence-corrected chi connectivity index (χ4v) is 2.80. The van der Waals surface area contributed by atoms with Crippen molar-refractivity contribution in [2.75, 3.05) is 0 Å². The second-order valence-corrected chi connectivity index (χ2v) is 5.59. The quantitative estimate of drug-likeness (QED) is 0.502. The highest BCUT2D eigenvalue weighted by atomic mass is 19.1. The van der Waals surface area contributed by atoms with Gasteiger partial charge in [-0.3, -0.25) is 0 Å². The predicted molar refractivity (Wildman–Crippen MR) is 94.5 cm³/mol. The minimum atomic E-state index is -0.293. The van der Waals surface area contributed by atoms with Gasteiger partial charge >= 0.3 is 0 Å². The maximum Gasteiger partial charge on any atom is 0.127 e. The molecule has 0 spiro atoms. The molecule has 4 rings (SSSR count). The first-order chi connectivity index (χ1) is 12.2. The standard InChI is InChI=1S/C21H13FN2O/c22-16-4-8-18(9-5-16)25-19-10-6-17(7-11-19)24-13-12-20-15(14-23)2-1-3-21(20)24/h1-13H. The summed E-state index contributed by atoms with van der Waals surface area (Å²) in [5.74, 6) is 0.961. The molecule has 0 saturated carbocycles. The number of ether oxygens (including phenoxy) is 1. The number of fused-ring (bicyclic) bond motifs is 1. The lowest BCUT2D eigenvalue weighted by Gasteiger charge is -2.09. The second kappa shape index (κ2) is 6.14. The van der Waals surface area contributed by atoms with Crippen LogP contribution in [0.5, 0.6) is 11.5 Å². The van der Waals surface area contributed by atoms with E-state index in [0.717, 1.165) is 16.6 Å². The Labute approximate surface area is 144 Å². The van der Waals surface area contributed by atoms with Gasteiger partial charge in [-0.25, -0.2) is 4.39 Å². The Morgan fingerprint density at radius 2 is 1.52 bits per heavy atom. The maximum absolute atomic E-state index is 12.9. The van der Waals surface area contributed by atoms with E-state index in [2.05, 4.69) is 6.07 Å². The van der Waals surface area contributed by atoms with Crippen LogP contribution < -0.4 is 4.74 Å². The van der Waals surface area contributed by atoms with Crippen LogP contribution in [-0.2, 0) is 0 Å².